The third-order valence-corrected chi connectivity index (χ3v) is 3.12. The van der Waals surface area contributed by atoms with Gasteiger partial charge in [0.05, 0.1) is 30.8 Å². The van der Waals surface area contributed by atoms with Gasteiger partial charge in [-0.05, 0) is 18.2 Å². The summed E-state index contributed by atoms with van der Waals surface area (Å²) in [5, 5.41) is 17.0. The van der Waals surface area contributed by atoms with Crippen molar-refractivity contribution in [3.8, 4) is 22.8 Å². The van der Waals surface area contributed by atoms with E-state index in [2.05, 4.69) is 15.3 Å². The Labute approximate surface area is 125 Å². The molecule has 7 heteroatoms. The van der Waals surface area contributed by atoms with Gasteiger partial charge in [0.15, 0.2) is 0 Å². The number of pyridine rings is 1. The maximum absolute atomic E-state index is 10.8. The van der Waals surface area contributed by atoms with Crippen molar-refractivity contribution in [2.75, 3.05) is 7.11 Å². The molecule has 2 aromatic heterocycles. The Hall–Kier alpha value is -3.22. The summed E-state index contributed by atoms with van der Waals surface area (Å²) in [4.78, 5) is 15.0. The number of carboxylic acids is 1. The van der Waals surface area contributed by atoms with Crippen molar-refractivity contribution >= 4 is 5.97 Å². The molecule has 0 spiro atoms. The van der Waals surface area contributed by atoms with Gasteiger partial charge in [-0.2, -0.15) is 0 Å². The lowest BCUT2D eigenvalue weighted by Gasteiger charge is -2.01. The minimum absolute atomic E-state index is 0.232. The van der Waals surface area contributed by atoms with E-state index in [1.54, 1.807) is 42.4 Å². The van der Waals surface area contributed by atoms with Gasteiger partial charge in [-0.3, -0.25) is 0 Å². The summed E-state index contributed by atoms with van der Waals surface area (Å²) in [7, 11) is 1.55. The van der Waals surface area contributed by atoms with Gasteiger partial charge in [-0.25, -0.2) is 14.5 Å². The predicted molar refractivity (Wildman–Crippen MR) is 78.1 cm³/mol. The first-order chi connectivity index (χ1) is 10.7. The van der Waals surface area contributed by atoms with Gasteiger partial charge in [0.1, 0.15) is 5.69 Å². The molecule has 0 amide bonds. The van der Waals surface area contributed by atoms with E-state index in [-0.39, 0.29) is 5.56 Å². The number of aromatic nitrogens is 4. The molecular formula is C15H12N4O3. The first kappa shape index (κ1) is 13.7. The summed E-state index contributed by atoms with van der Waals surface area (Å²) in [5.41, 5.74) is 2.42. The number of nitrogens with zero attached hydrogens (tertiary/aromatic N) is 4. The fraction of sp³-hybridized carbons (Fsp3) is 0.0667. The summed E-state index contributed by atoms with van der Waals surface area (Å²) in [6, 6.07) is 10.0. The molecule has 2 heterocycles. The second-order valence-electron chi connectivity index (χ2n) is 4.49. The van der Waals surface area contributed by atoms with Gasteiger partial charge in [-0.1, -0.05) is 17.3 Å². The van der Waals surface area contributed by atoms with Crippen molar-refractivity contribution in [3.05, 3.63) is 54.4 Å². The van der Waals surface area contributed by atoms with E-state index in [0.717, 1.165) is 11.3 Å². The summed E-state index contributed by atoms with van der Waals surface area (Å²) >= 11 is 0. The average molecular weight is 296 g/mol. The summed E-state index contributed by atoms with van der Waals surface area (Å²) in [6.07, 6.45) is 3.38. The molecule has 0 saturated carbocycles. The quantitative estimate of drug-likeness (QED) is 0.792. The number of benzene rings is 1. The number of ether oxygens (including phenoxy) is 1. The van der Waals surface area contributed by atoms with Gasteiger partial charge in [0.2, 0.25) is 5.88 Å². The van der Waals surface area contributed by atoms with Gasteiger partial charge in [-0.15, -0.1) is 5.10 Å². The van der Waals surface area contributed by atoms with Crippen molar-refractivity contribution < 1.29 is 14.6 Å². The second kappa shape index (κ2) is 5.65. The van der Waals surface area contributed by atoms with E-state index in [1.807, 2.05) is 6.07 Å². The number of rotatable bonds is 4. The Morgan fingerprint density at radius 2 is 1.95 bits per heavy atom. The third kappa shape index (κ3) is 2.64. The monoisotopic (exact) mass is 296 g/mol. The molecule has 7 nitrogen and oxygen atoms in total. The number of methoxy groups -OCH3 is 1. The highest BCUT2D eigenvalue weighted by atomic mass is 16.5. The van der Waals surface area contributed by atoms with Crippen molar-refractivity contribution in [2.45, 2.75) is 0 Å². The zero-order valence-electron chi connectivity index (χ0n) is 11.7. The van der Waals surface area contributed by atoms with Gasteiger partial charge < -0.3 is 9.84 Å². The van der Waals surface area contributed by atoms with E-state index in [0.29, 0.717) is 11.6 Å². The first-order valence-corrected chi connectivity index (χ1v) is 6.44. The van der Waals surface area contributed by atoms with Crippen LogP contribution in [0.1, 0.15) is 10.4 Å². The molecule has 0 bridgehead atoms. The van der Waals surface area contributed by atoms with Gasteiger partial charge in [0.25, 0.3) is 0 Å². The van der Waals surface area contributed by atoms with Crippen LogP contribution in [0.3, 0.4) is 0 Å². The van der Waals surface area contributed by atoms with Crippen molar-refractivity contribution in [2.24, 2.45) is 0 Å². The van der Waals surface area contributed by atoms with Crippen LogP contribution in [0.25, 0.3) is 16.9 Å². The zero-order valence-corrected chi connectivity index (χ0v) is 11.7. The number of hydrogen-bond acceptors (Lipinski definition) is 5. The minimum Gasteiger partial charge on any atom is -0.481 e. The number of carbonyl (C=O) groups is 1. The van der Waals surface area contributed by atoms with Crippen LogP contribution in [-0.4, -0.2) is 38.2 Å². The average Bonchev–Trinajstić information content (AvgIpc) is 3.05. The van der Waals surface area contributed by atoms with Crippen LogP contribution >= 0.6 is 0 Å². The molecule has 0 aliphatic heterocycles. The van der Waals surface area contributed by atoms with E-state index in [9.17, 15) is 4.79 Å². The predicted octanol–water partition coefficient (Wildman–Crippen LogP) is 2.04. The van der Waals surface area contributed by atoms with Crippen LogP contribution in [0.5, 0.6) is 5.88 Å². The zero-order chi connectivity index (χ0) is 15.5. The molecule has 22 heavy (non-hydrogen) atoms. The number of hydrogen-bond donors (Lipinski definition) is 1. The Balaban J connectivity index is 1.87. The smallest absolute Gasteiger partial charge is 0.335 e. The first-order valence-electron chi connectivity index (χ1n) is 6.44. The Morgan fingerprint density at radius 3 is 2.55 bits per heavy atom. The Morgan fingerprint density at radius 1 is 1.18 bits per heavy atom. The van der Waals surface area contributed by atoms with E-state index >= 15 is 0 Å². The number of aromatic carboxylic acids is 1. The molecule has 110 valence electrons. The largest absolute Gasteiger partial charge is 0.481 e. The van der Waals surface area contributed by atoms with Crippen molar-refractivity contribution in [1.82, 2.24) is 20.0 Å². The van der Waals surface area contributed by atoms with Gasteiger partial charge >= 0.3 is 5.97 Å². The van der Waals surface area contributed by atoms with Crippen molar-refractivity contribution in [1.29, 1.82) is 0 Å². The summed E-state index contributed by atoms with van der Waals surface area (Å²) in [5.74, 6) is -0.437. The van der Waals surface area contributed by atoms with E-state index < -0.39 is 5.97 Å². The molecule has 0 aliphatic rings. The lowest BCUT2D eigenvalue weighted by molar-refractivity contribution is 0.0697. The lowest BCUT2D eigenvalue weighted by Crippen LogP contribution is -1.96. The molecule has 0 saturated heterocycles. The molecule has 0 radical (unpaired) electrons. The highest BCUT2D eigenvalue weighted by molar-refractivity contribution is 5.88. The third-order valence-electron chi connectivity index (χ3n) is 3.12. The normalized spacial score (nSPS) is 10.4. The molecule has 1 N–H and O–H groups in total. The van der Waals surface area contributed by atoms with Gasteiger partial charge in [0, 0.05) is 11.6 Å². The fourth-order valence-electron chi connectivity index (χ4n) is 1.93. The van der Waals surface area contributed by atoms with E-state index in [1.165, 1.54) is 12.1 Å². The molecule has 0 atom stereocenters. The van der Waals surface area contributed by atoms with E-state index in [4.69, 9.17) is 9.84 Å². The summed E-state index contributed by atoms with van der Waals surface area (Å²) in [6.45, 7) is 0. The highest BCUT2D eigenvalue weighted by Gasteiger charge is 2.08. The standard InChI is InChI=1S/C15H12N4O3/c1-22-14-7-6-12(8-16-14)19-9-13(17-18-19)10-2-4-11(5-3-10)15(20)21/h2-9H,1H3,(H,20,21). The van der Waals surface area contributed by atoms with Crippen LogP contribution in [0.2, 0.25) is 0 Å². The summed E-state index contributed by atoms with van der Waals surface area (Å²) < 4.78 is 6.60. The SMILES string of the molecule is COc1ccc(-n2cc(-c3ccc(C(=O)O)cc3)nn2)cn1. The maximum atomic E-state index is 10.8. The Bertz CT molecular complexity index is 794. The maximum Gasteiger partial charge on any atom is 0.335 e. The molecule has 0 unspecified atom stereocenters. The number of carboxylic acid groups (broad SMARTS) is 1. The van der Waals surface area contributed by atoms with Crippen LogP contribution < -0.4 is 4.74 Å². The molecular weight excluding hydrogens is 284 g/mol. The second-order valence-corrected chi connectivity index (χ2v) is 4.49. The van der Waals surface area contributed by atoms with Crippen LogP contribution in [0.4, 0.5) is 0 Å². The van der Waals surface area contributed by atoms with Crippen LogP contribution in [0.15, 0.2) is 48.8 Å². The highest BCUT2D eigenvalue weighted by Crippen LogP contribution is 2.19. The molecule has 0 aliphatic carbocycles. The lowest BCUT2D eigenvalue weighted by atomic mass is 10.1. The molecule has 0 fully saturated rings. The minimum atomic E-state index is -0.959. The fourth-order valence-corrected chi connectivity index (χ4v) is 1.93. The van der Waals surface area contributed by atoms with Crippen molar-refractivity contribution in [3.63, 3.8) is 0 Å². The molecule has 3 rings (SSSR count). The molecule has 3 aromatic rings. The molecule has 1 aromatic carbocycles. The van der Waals surface area contributed by atoms with Crippen LogP contribution in [-0.2, 0) is 0 Å². The van der Waals surface area contributed by atoms with Crippen LogP contribution in [0, 0.1) is 0 Å². The topological polar surface area (TPSA) is 90.1 Å². The Kier molecular flexibility index (Phi) is 3.53.